The highest BCUT2D eigenvalue weighted by atomic mass is 79.9. The second kappa shape index (κ2) is 9.40. The number of fused-ring (bicyclic) bond motifs is 10. The van der Waals surface area contributed by atoms with Gasteiger partial charge in [-0.2, -0.15) is 0 Å². The van der Waals surface area contributed by atoms with E-state index < -0.39 is 11.8 Å². The zero-order valence-corrected chi connectivity index (χ0v) is 24.8. The van der Waals surface area contributed by atoms with Crippen LogP contribution in [0.5, 0.6) is 0 Å². The molecule has 0 spiro atoms. The number of nitrogens with one attached hydrogen (secondary N) is 2. The van der Waals surface area contributed by atoms with Crippen molar-refractivity contribution in [3.8, 4) is 0 Å². The van der Waals surface area contributed by atoms with Gasteiger partial charge in [-0.05, 0) is 64.8 Å². The topological polar surface area (TPSA) is 99.3 Å². The number of thioether (sulfide) groups is 1. The zero-order chi connectivity index (χ0) is 28.0. The van der Waals surface area contributed by atoms with Crippen LogP contribution in [0, 0.1) is 29.6 Å². The van der Waals surface area contributed by atoms with E-state index in [-0.39, 0.29) is 58.1 Å². The van der Waals surface area contributed by atoms with E-state index in [9.17, 15) is 19.2 Å². The maximum absolute atomic E-state index is 13.8. The molecule has 206 valence electrons. The van der Waals surface area contributed by atoms with Gasteiger partial charge in [-0.1, -0.05) is 69.7 Å². The van der Waals surface area contributed by atoms with E-state index in [2.05, 4.69) is 38.4 Å². The molecule has 2 saturated carbocycles. The SMILES string of the molecule is O=C(CN1C(=O)C2C3CC(C2C1=O)C1C3Sc2[nH]c(=O)sc2[C@@H]1c1cccc(Br)c1)Nc1ccc2ccccc2c1. The minimum Gasteiger partial charge on any atom is -0.325 e. The first-order valence-electron chi connectivity index (χ1n) is 13.7. The molecule has 7 nitrogen and oxygen atoms in total. The summed E-state index contributed by atoms with van der Waals surface area (Å²) < 4.78 is 0.964. The van der Waals surface area contributed by atoms with Gasteiger partial charge in [-0.3, -0.25) is 24.1 Å². The third-order valence-electron chi connectivity index (χ3n) is 9.36. The maximum Gasteiger partial charge on any atom is 0.305 e. The summed E-state index contributed by atoms with van der Waals surface area (Å²) in [4.78, 5) is 58.2. The molecule has 6 unspecified atom stereocenters. The smallest absolute Gasteiger partial charge is 0.305 e. The number of nitrogens with zero attached hydrogens (tertiary/aromatic N) is 1. The molecule has 1 saturated heterocycles. The van der Waals surface area contributed by atoms with Gasteiger partial charge in [0.1, 0.15) is 6.54 Å². The van der Waals surface area contributed by atoms with Crippen molar-refractivity contribution in [2.45, 2.75) is 22.6 Å². The molecule has 2 aliphatic carbocycles. The molecule has 41 heavy (non-hydrogen) atoms. The van der Waals surface area contributed by atoms with Crippen LogP contribution >= 0.6 is 39.0 Å². The van der Waals surface area contributed by atoms with Crippen molar-refractivity contribution in [3.05, 3.63) is 91.3 Å². The van der Waals surface area contributed by atoms with Gasteiger partial charge in [0.2, 0.25) is 17.7 Å². The number of likely N-dealkylation sites (tertiary alicyclic amines) is 1. The summed E-state index contributed by atoms with van der Waals surface area (Å²) in [5, 5.41) is 5.95. The molecule has 10 heteroatoms. The van der Waals surface area contributed by atoms with E-state index in [4.69, 9.17) is 0 Å². The predicted octanol–water partition coefficient (Wildman–Crippen LogP) is 5.46. The number of anilines is 1. The number of hydrogen-bond donors (Lipinski definition) is 2. The standard InChI is InChI=1S/C31H24BrN3O4S2/c32-17-7-3-6-16(10-17)22-23-19-12-20(26(23)40-28-27(22)41-31(39)34-28)25-24(19)29(37)35(30(25)38)13-21(36)33-18-9-8-14-4-1-2-5-15(14)11-18/h1-11,19-20,22-26H,12-13H2,(H,33,36)(H,34,39)/t19?,20?,22-,23?,24?,25?,26?/m1/s1. The largest absolute Gasteiger partial charge is 0.325 e. The molecular formula is C31H24BrN3O4S2. The molecule has 3 aromatic carbocycles. The maximum atomic E-state index is 13.8. The zero-order valence-electron chi connectivity index (χ0n) is 21.6. The third kappa shape index (κ3) is 3.90. The lowest BCUT2D eigenvalue weighted by Gasteiger charge is -2.43. The Morgan fingerprint density at radius 2 is 1.73 bits per heavy atom. The number of benzene rings is 3. The number of imide groups is 1. The molecule has 3 fully saturated rings. The number of hydrogen-bond acceptors (Lipinski definition) is 6. The highest BCUT2D eigenvalue weighted by Gasteiger charge is 2.69. The average molecular weight is 647 g/mol. The van der Waals surface area contributed by atoms with Gasteiger partial charge in [0.25, 0.3) is 0 Å². The molecule has 3 amide bonds. The van der Waals surface area contributed by atoms with Crippen LogP contribution in [0.15, 0.2) is 81.0 Å². The van der Waals surface area contributed by atoms with Gasteiger partial charge in [0.15, 0.2) is 0 Å². The van der Waals surface area contributed by atoms with Crippen LogP contribution in [0.25, 0.3) is 10.8 Å². The summed E-state index contributed by atoms with van der Waals surface area (Å²) in [5.74, 6) is -1.54. The Morgan fingerprint density at radius 3 is 2.54 bits per heavy atom. The van der Waals surface area contributed by atoms with Crippen molar-refractivity contribution in [2.24, 2.45) is 29.6 Å². The first kappa shape index (κ1) is 25.5. The Labute approximate surface area is 251 Å². The fourth-order valence-electron chi connectivity index (χ4n) is 7.92. The molecule has 2 N–H and O–H groups in total. The number of amides is 3. The van der Waals surface area contributed by atoms with Crippen LogP contribution in [0.1, 0.15) is 22.8 Å². The highest BCUT2D eigenvalue weighted by molar-refractivity contribution is 9.10. The summed E-state index contributed by atoms with van der Waals surface area (Å²) >= 11 is 6.52. The molecule has 4 aromatic rings. The summed E-state index contributed by atoms with van der Waals surface area (Å²) in [6.07, 6.45) is 0.815. The van der Waals surface area contributed by atoms with E-state index in [1.165, 1.54) is 16.2 Å². The number of thiazole rings is 1. The molecule has 7 atom stereocenters. The van der Waals surface area contributed by atoms with E-state index in [1.54, 1.807) is 11.8 Å². The van der Waals surface area contributed by atoms with Crippen LogP contribution in [-0.4, -0.2) is 39.4 Å². The lowest BCUT2D eigenvalue weighted by molar-refractivity contribution is -0.143. The van der Waals surface area contributed by atoms with Gasteiger partial charge in [0, 0.05) is 26.2 Å². The second-order valence-electron chi connectivity index (χ2n) is 11.4. The monoisotopic (exact) mass is 645 g/mol. The summed E-state index contributed by atoms with van der Waals surface area (Å²) in [7, 11) is 0. The highest BCUT2D eigenvalue weighted by Crippen LogP contribution is 2.68. The van der Waals surface area contributed by atoms with Gasteiger partial charge in [-0.15, -0.1) is 11.8 Å². The van der Waals surface area contributed by atoms with E-state index in [1.807, 2.05) is 54.6 Å². The van der Waals surface area contributed by atoms with Gasteiger partial charge in [0.05, 0.1) is 16.9 Å². The second-order valence-corrected chi connectivity index (χ2v) is 14.5. The number of carbonyl (C=O) groups excluding carboxylic acids is 3. The van der Waals surface area contributed by atoms with Crippen molar-refractivity contribution in [1.29, 1.82) is 0 Å². The Morgan fingerprint density at radius 1 is 0.951 bits per heavy atom. The van der Waals surface area contributed by atoms with Crippen molar-refractivity contribution in [3.63, 3.8) is 0 Å². The average Bonchev–Trinajstić information content (AvgIpc) is 3.69. The molecule has 3 heterocycles. The number of halogens is 1. The summed E-state index contributed by atoms with van der Waals surface area (Å²) in [6.45, 7) is -0.283. The number of rotatable bonds is 4. The molecule has 1 aromatic heterocycles. The number of carbonyl (C=O) groups is 3. The molecule has 8 rings (SSSR count). The molecule has 2 aliphatic heterocycles. The fourth-order valence-corrected chi connectivity index (χ4v) is 11.2. The van der Waals surface area contributed by atoms with Crippen LogP contribution in [0.4, 0.5) is 5.69 Å². The number of aromatic amines is 1. The Hall–Kier alpha value is -3.21. The minimum atomic E-state index is -0.422. The summed E-state index contributed by atoms with van der Waals surface area (Å²) in [6, 6.07) is 21.7. The third-order valence-corrected chi connectivity index (χ3v) is 12.4. The van der Waals surface area contributed by atoms with E-state index in [0.717, 1.165) is 37.1 Å². The van der Waals surface area contributed by atoms with Crippen molar-refractivity contribution in [2.75, 3.05) is 11.9 Å². The van der Waals surface area contributed by atoms with Gasteiger partial charge >= 0.3 is 4.87 Å². The predicted molar refractivity (Wildman–Crippen MR) is 162 cm³/mol. The first-order valence-corrected chi connectivity index (χ1v) is 16.2. The van der Waals surface area contributed by atoms with Gasteiger partial charge in [-0.25, -0.2) is 0 Å². The normalized spacial score (nSPS) is 29.5. The lowest BCUT2D eigenvalue weighted by Crippen LogP contribution is -2.42. The molecular weight excluding hydrogens is 622 g/mol. The molecule has 2 bridgehead atoms. The Kier molecular flexibility index (Phi) is 5.85. The fraction of sp³-hybridized carbons (Fsp3) is 0.290. The van der Waals surface area contributed by atoms with Gasteiger partial charge < -0.3 is 10.3 Å². The Balaban J connectivity index is 1.08. The van der Waals surface area contributed by atoms with Crippen LogP contribution in [-0.2, 0) is 14.4 Å². The van der Waals surface area contributed by atoms with E-state index in [0.29, 0.717) is 5.69 Å². The van der Waals surface area contributed by atoms with E-state index >= 15 is 0 Å². The number of H-pyrrole nitrogens is 1. The molecule has 0 radical (unpaired) electrons. The van der Waals surface area contributed by atoms with Crippen molar-refractivity contribution < 1.29 is 14.4 Å². The molecule has 4 aliphatic rings. The van der Waals surface area contributed by atoms with Crippen LogP contribution < -0.4 is 10.2 Å². The van der Waals surface area contributed by atoms with Crippen molar-refractivity contribution >= 4 is 73.2 Å². The minimum absolute atomic E-state index is 0.0156. The number of aromatic nitrogens is 1. The lowest BCUT2D eigenvalue weighted by atomic mass is 9.68. The summed E-state index contributed by atoms with van der Waals surface area (Å²) in [5.41, 5.74) is 1.74. The van der Waals surface area contributed by atoms with Crippen LogP contribution in [0.3, 0.4) is 0 Å². The van der Waals surface area contributed by atoms with Crippen LogP contribution in [0.2, 0.25) is 0 Å². The Bertz CT molecular complexity index is 1840. The van der Waals surface area contributed by atoms with Crippen molar-refractivity contribution in [1.82, 2.24) is 9.88 Å². The first-order chi connectivity index (χ1) is 19.9. The quantitative estimate of drug-likeness (QED) is 0.287.